The van der Waals surface area contributed by atoms with Crippen LogP contribution in [0.5, 0.6) is 5.75 Å². The Hall–Kier alpha value is -1.31. The van der Waals surface area contributed by atoms with E-state index < -0.39 is 10.0 Å². The van der Waals surface area contributed by atoms with E-state index in [1.54, 1.807) is 29.6 Å². The largest absolute Gasteiger partial charge is 0.495 e. The summed E-state index contributed by atoms with van der Waals surface area (Å²) in [7, 11) is -1.77. The number of hydrogen-bond acceptors (Lipinski definition) is 5. The number of benzene rings is 1. The van der Waals surface area contributed by atoms with E-state index in [-0.39, 0.29) is 0 Å². The van der Waals surface area contributed by atoms with Crippen molar-refractivity contribution in [3.63, 3.8) is 0 Å². The molecule has 2 aliphatic heterocycles. The topological polar surface area (TPSA) is 61.9 Å². The van der Waals surface area contributed by atoms with Crippen LogP contribution in [0, 0.1) is 0 Å². The average molecular weight is 325 g/mol. The van der Waals surface area contributed by atoms with Gasteiger partial charge in [-0.1, -0.05) is 0 Å². The van der Waals surface area contributed by atoms with Crippen LogP contribution < -0.4 is 15.0 Å². The number of hydrogen-bond donors (Lipinski definition) is 1. The first-order valence-electron chi connectivity index (χ1n) is 7.77. The van der Waals surface area contributed by atoms with Gasteiger partial charge in [0.1, 0.15) is 5.75 Å². The zero-order valence-electron chi connectivity index (χ0n) is 12.9. The second-order valence-electron chi connectivity index (χ2n) is 5.68. The van der Waals surface area contributed by atoms with Crippen LogP contribution in [-0.2, 0) is 10.0 Å². The minimum absolute atomic E-state index is 0.365. The van der Waals surface area contributed by atoms with Crippen LogP contribution in [-0.4, -0.2) is 59.1 Å². The molecular weight excluding hydrogens is 302 g/mol. The molecule has 0 spiro atoms. The van der Waals surface area contributed by atoms with Crippen molar-refractivity contribution in [2.45, 2.75) is 17.7 Å². The maximum atomic E-state index is 12.7. The number of methoxy groups -OCH3 is 1. The fourth-order valence-electron chi connectivity index (χ4n) is 3.06. The molecule has 2 heterocycles. The lowest BCUT2D eigenvalue weighted by atomic mass is 10.2. The molecule has 1 N–H and O–H groups in total. The van der Waals surface area contributed by atoms with Gasteiger partial charge in [0.2, 0.25) is 10.0 Å². The normalized spacial score (nSPS) is 20.3. The van der Waals surface area contributed by atoms with Crippen LogP contribution in [0.25, 0.3) is 0 Å². The summed E-state index contributed by atoms with van der Waals surface area (Å²) >= 11 is 0. The Balaban J connectivity index is 1.95. The lowest BCUT2D eigenvalue weighted by molar-refractivity contribution is 0.412. The number of sulfonamides is 1. The van der Waals surface area contributed by atoms with Crippen molar-refractivity contribution < 1.29 is 13.2 Å². The van der Waals surface area contributed by atoms with Crippen molar-refractivity contribution in [2.75, 3.05) is 51.3 Å². The van der Waals surface area contributed by atoms with E-state index >= 15 is 0 Å². The highest BCUT2D eigenvalue weighted by atomic mass is 32.2. The first kappa shape index (κ1) is 15.6. The van der Waals surface area contributed by atoms with Gasteiger partial charge in [0.25, 0.3) is 0 Å². The van der Waals surface area contributed by atoms with Crippen molar-refractivity contribution >= 4 is 15.7 Å². The van der Waals surface area contributed by atoms with E-state index in [4.69, 9.17) is 4.74 Å². The summed E-state index contributed by atoms with van der Waals surface area (Å²) in [6, 6.07) is 5.18. The highest BCUT2D eigenvalue weighted by Gasteiger charge is 2.28. The van der Waals surface area contributed by atoms with Crippen LogP contribution in [0.4, 0.5) is 5.69 Å². The van der Waals surface area contributed by atoms with Crippen molar-refractivity contribution in [1.29, 1.82) is 0 Å². The molecule has 3 rings (SSSR count). The molecule has 122 valence electrons. The first-order chi connectivity index (χ1) is 10.6. The van der Waals surface area contributed by atoms with Crippen molar-refractivity contribution in [3.05, 3.63) is 18.2 Å². The third kappa shape index (κ3) is 2.93. The summed E-state index contributed by atoms with van der Waals surface area (Å²) in [5.74, 6) is 0.724. The van der Waals surface area contributed by atoms with Gasteiger partial charge in [-0.25, -0.2) is 8.42 Å². The predicted molar refractivity (Wildman–Crippen MR) is 86.1 cm³/mol. The fraction of sp³-hybridized carbons (Fsp3) is 0.600. The Morgan fingerprint density at radius 1 is 1.09 bits per heavy atom. The summed E-state index contributed by atoms with van der Waals surface area (Å²) in [6.07, 6.45) is 1.89. The van der Waals surface area contributed by atoms with Crippen LogP contribution in [0.15, 0.2) is 23.1 Å². The van der Waals surface area contributed by atoms with Gasteiger partial charge < -0.3 is 15.0 Å². The molecule has 22 heavy (non-hydrogen) atoms. The molecule has 0 bridgehead atoms. The van der Waals surface area contributed by atoms with E-state index in [2.05, 4.69) is 10.2 Å². The second kappa shape index (κ2) is 6.44. The van der Waals surface area contributed by atoms with E-state index in [0.717, 1.165) is 50.5 Å². The third-order valence-electron chi connectivity index (χ3n) is 4.31. The van der Waals surface area contributed by atoms with E-state index in [1.807, 2.05) is 0 Å². The molecule has 0 amide bonds. The van der Waals surface area contributed by atoms with Crippen LogP contribution >= 0.6 is 0 Å². The van der Waals surface area contributed by atoms with Crippen LogP contribution in [0.1, 0.15) is 12.8 Å². The van der Waals surface area contributed by atoms with Gasteiger partial charge in [0, 0.05) is 39.3 Å². The van der Waals surface area contributed by atoms with Crippen molar-refractivity contribution in [3.8, 4) is 5.75 Å². The van der Waals surface area contributed by atoms with Crippen molar-refractivity contribution in [2.24, 2.45) is 0 Å². The number of nitrogens with one attached hydrogen (secondary N) is 1. The third-order valence-corrected chi connectivity index (χ3v) is 6.21. The van der Waals surface area contributed by atoms with Gasteiger partial charge in [-0.2, -0.15) is 4.31 Å². The second-order valence-corrected chi connectivity index (χ2v) is 7.62. The Morgan fingerprint density at radius 3 is 2.41 bits per heavy atom. The SMILES string of the molecule is COc1ccc(S(=O)(=O)N2CCCC2)cc1N1CCNCC1. The first-order valence-corrected chi connectivity index (χ1v) is 9.21. The summed E-state index contributed by atoms with van der Waals surface area (Å²) in [6.45, 7) is 4.74. The minimum Gasteiger partial charge on any atom is -0.495 e. The summed E-state index contributed by atoms with van der Waals surface area (Å²) in [4.78, 5) is 2.54. The molecule has 1 aromatic rings. The van der Waals surface area contributed by atoms with Gasteiger partial charge >= 0.3 is 0 Å². The molecule has 0 aliphatic carbocycles. The molecule has 2 aliphatic rings. The van der Waals surface area contributed by atoms with Gasteiger partial charge in [-0.3, -0.25) is 0 Å². The smallest absolute Gasteiger partial charge is 0.243 e. The standard InChI is InChI=1S/C15H23N3O3S/c1-21-15-5-4-13(22(19,20)18-8-2-3-9-18)12-14(15)17-10-6-16-7-11-17/h4-5,12,16H,2-3,6-11H2,1H3. The molecule has 1 aromatic carbocycles. The van der Waals surface area contributed by atoms with Gasteiger partial charge in [-0.05, 0) is 31.0 Å². The van der Waals surface area contributed by atoms with E-state index in [9.17, 15) is 8.42 Å². The van der Waals surface area contributed by atoms with Crippen LogP contribution in [0.3, 0.4) is 0 Å². The zero-order chi connectivity index (χ0) is 15.6. The fourth-order valence-corrected chi connectivity index (χ4v) is 4.60. The molecule has 0 radical (unpaired) electrons. The van der Waals surface area contributed by atoms with E-state index in [0.29, 0.717) is 18.0 Å². The lowest BCUT2D eigenvalue weighted by Crippen LogP contribution is -2.43. The highest BCUT2D eigenvalue weighted by molar-refractivity contribution is 7.89. The Morgan fingerprint density at radius 2 is 1.77 bits per heavy atom. The summed E-state index contributed by atoms with van der Waals surface area (Å²) in [5, 5.41) is 3.30. The number of anilines is 1. The number of nitrogens with zero attached hydrogens (tertiary/aromatic N) is 2. The van der Waals surface area contributed by atoms with Gasteiger partial charge in [0.15, 0.2) is 0 Å². The van der Waals surface area contributed by atoms with Crippen molar-refractivity contribution in [1.82, 2.24) is 9.62 Å². The molecule has 2 saturated heterocycles. The molecule has 2 fully saturated rings. The predicted octanol–water partition coefficient (Wildman–Crippen LogP) is 0.889. The van der Waals surface area contributed by atoms with Gasteiger partial charge in [0.05, 0.1) is 17.7 Å². The number of rotatable bonds is 4. The minimum atomic E-state index is -3.39. The molecular formula is C15H23N3O3S. The zero-order valence-corrected chi connectivity index (χ0v) is 13.7. The number of piperazine rings is 1. The monoisotopic (exact) mass is 325 g/mol. The summed E-state index contributed by atoms with van der Waals surface area (Å²) in [5.41, 5.74) is 0.865. The maximum Gasteiger partial charge on any atom is 0.243 e. The Labute approximate surface area is 132 Å². The highest BCUT2D eigenvalue weighted by Crippen LogP contribution is 2.32. The Kier molecular flexibility index (Phi) is 4.56. The Bertz CT molecular complexity index is 621. The molecule has 0 unspecified atom stereocenters. The van der Waals surface area contributed by atoms with Crippen LogP contribution in [0.2, 0.25) is 0 Å². The molecule has 0 aromatic heterocycles. The number of ether oxygens (including phenoxy) is 1. The molecule has 6 nitrogen and oxygen atoms in total. The maximum absolute atomic E-state index is 12.7. The molecule has 0 atom stereocenters. The quantitative estimate of drug-likeness (QED) is 0.891. The van der Waals surface area contributed by atoms with Gasteiger partial charge in [-0.15, -0.1) is 0 Å². The average Bonchev–Trinajstić information content (AvgIpc) is 3.10. The molecule has 7 heteroatoms. The molecule has 0 saturated carbocycles. The lowest BCUT2D eigenvalue weighted by Gasteiger charge is -2.31. The summed E-state index contributed by atoms with van der Waals surface area (Å²) < 4.78 is 32.4. The van der Waals surface area contributed by atoms with E-state index in [1.165, 1.54) is 0 Å².